The Morgan fingerprint density at radius 3 is 2.53 bits per heavy atom. The Hall–Kier alpha value is -2.38. The molecule has 1 unspecified atom stereocenters. The van der Waals surface area contributed by atoms with Crippen molar-refractivity contribution in [1.29, 1.82) is 0 Å². The molecule has 6 nitrogen and oxygen atoms in total. The molecule has 7 heteroatoms. The van der Waals surface area contributed by atoms with E-state index in [-0.39, 0.29) is 17.7 Å². The highest BCUT2D eigenvalue weighted by Crippen LogP contribution is 2.23. The zero-order valence-electron chi connectivity index (χ0n) is 18.7. The van der Waals surface area contributed by atoms with E-state index in [0.29, 0.717) is 19.0 Å². The van der Waals surface area contributed by atoms with Crippen LogP contribution in [0.5, 0.6) is 0 Å². The van der Waals surface area contributed by atoms with Crippen molar-refractivity contribution in [2.45, 2.75) is 25.7 Å². The number of para-hydroxylation sites is 1. The van der Waals surface area contributed by atoms with Gasteiger partial charge < -0.3 is 15.5 Å². The van der Waals surface area contributed by atoms with Crippen LogP contribution in [0, 0.1) is 11.8 Å². The van der Waals surface area contributed by atoms with Gasteiger partial charge in [0.1, 0.15) is 0 Å². The van der Waals surface area contributed by atoms with Crippen molar-refractivity contribution in [2.24, 2.45) is 11.8 Å². The van der Waals surface area contributed by atoms with Crippen molar-refractivity contribution in [3.05, 3.63) is 52.7 Å². The highest BCUT2D eigenvalue weighted by molar-refractivity contribution is 7.09. The molecule has 2 N–H and O–H groups in total. The van der Waals surface area contributed by atoms with Gasteiger partial charge in [-0.2, -0.15) is 0 Å². The monoisotopic (exact) mass is 454 g/mol. The van der Waals surface area contributed by atoms with Gasteiger partial charge in [-0.05, 0) is 68.3 Å². The number of hydrogen-bond acceptors (Lipinski definition) is 5. The summed E-state index contributed by atoms with van der Waals surface area (Å²) in [7, 11) is 0. The summed E-state index contributed by atoms with van der Waals surface area (Å²) in [6, 6.07) is 14.6. The summed E-state index contributed by atoms with van der Waals surface area (Å²) in [5.41, 5.74) is 1.26. The van der Waals surface area contributed by atoms with Crippen molar-refractivity contribution >= 4 is 28.8 Å². The molecule has 0 radical (unpaired) electrons. The third-order valence-corrected chi connectivity index (χ3v) is 7.51. The van der Waals surface area contributed by atoms with Crippen LogP contribution in [-0.2, 0) is 16.0 Å². The second-order valence-corrected chi connectivity index (χ2v) is 9.94. The zero-order valence-corrected chi connectivity index (χ0v) is 19.5. The normalized spacial score (nSPS) is 19.8. The van der Waals surface area contributed by atoms with Gasteiger partial charge in [0, 0.05) is 42.7 Å². The molecule has 2 amide bonds. The lowest BCUT2D eigenvalue weighted by Gasteiger charge is -2.30. The highest BCUT2D eigenvalue weighted by Gasteiger charge is 2.26. The summed E-state index contributed by atoms with van der Waals surface area (Å²) in [6.07, 6.45) is 3.66. The molecule has 1 aromatic heterocycles. The van der Waals surface area contributed by atoms with Gasteiger partial charge in [0.15, 0.2) is 0 Å². The molecule has 2 saturated heterocycles. The van der Waals surface area contributed by atoms with E-state index in [1.54, 1.807) is 11.3 Å². The van der Waals surface area contributed by atoms with Gasteiger partial charge in [0.25, 0.3) is 0 Å². The molecule has 0 saturated carbocycles. The molecule has 1 aromatic carbocycles. The van der Waals surface area contributed by atoms with E-state index in [9.17, 15) is 9.59 Å². The Kier molecular flexibility index (Phi) is 8.18. The maximum Gasteiger partial charge on any atom is 0.234 e. The first kappa shape index (κ1) is 22.8. The van der Waals surface area contributed by atoms with Crippen LogP contribution < -0.4 is 15.5 Å². The first-order valence-corrected chi connectivity index (χ1v) is 12.6. The van der Waals surface area contributed by atoms with Gasteiger partial charge in [0.05, 0.1) is 6.54 Å². The predicted octanol–water partition coefficient (Wildman–Crippen LogP) is 2.76. The van der Waals surface area contributed by atoms with Crippen LogP contribution in [0.25, 0.3) is 0 Å². The molecule has 1 atom stereocenters. The molecule has 0 spiro atoms. The van der Waals surface area contributed by atoms with Gasteiger partial charge in [-0.25, -0.2) is 0 Å². The first-order valence-electron chi connectivity index (χ1n) is 11.8. The van der Waals surface area contributed by atoms with E-state index in [1.165, 1.54) is 10.6 Å². The Balaban J connectivity index is 1.09. The molecule has 172 valence electrons. The average Bonchev–Trinajstić information content (AvgIpc) is 3.51. The minimum atomic E-state index is 0.0695. The number of nitrogens with one attached hydrogen (secondary N) is 2. The van der Waals surface area contributed by atoms with Gasteiger partial charge in [-0.15, -0.1) is 11.3 Å². The predicted molar refractivity (Wildman–Crippen MR) is 130 cm³/mol. The second-order valence-electron chi connectivity index (χ2n) is 8.91. The zero-order chi connectivity index (χ0) is 22.2. The molecule has 0 bridgehead atoms. The number of benzene rings is 1. The van der Waals surface area contributed by atoms with Crippen molar-refractivity contribution in [2.75, 3.05) is 50.7 Å². The fraction of sp³-hybridized carbons (Fsp3) is 0.520. The van der Waals surface area contributed by atoms with Crippen LogP contribution in [-0.4, -0.2) is 62.5 Å². The van der Waals surface area contributed by atoms with Gasteiger partial charge in [-0.1, -0.05) is 24.3 Å². The van der Waals surface area contributed by atoms with Gasteiger partial charge >= 0.3 is 0 Å². The number of rotatable bonds is 9. The molecule has 3 heterocycles. The lowest BCUT2D eigenvalue weighted by molar-refractivity contribution is -0.126. The minimum absolute atomic E-state index is 0.0695. The van der Waals surface area contributed by atoms with Crippen LogP contribution >= 0.6 is 11.3 Å². The third-order valence-electron chi connectivity index (χ3n) is 6.57. The van der Waals surface area contributed by atoms with Crippen molar-refractivity contribution in [3.63, 3.8) is 0 Å². The molecule has 4 rings (SSSR count). The molecular formula is C25H34N4O2S. The van der Waals surface area contributed by atoms with Gasteiger partial charge in [0.2, 0.25) is 11.8 Å². The van der Waals surface area contributed by atoms with E-state index >= 15 is 0 Å². The van der Waals surface area contributed by atoms with E-state index in [0.717, 1.165) is 58.4 Å². The molecule has 32 heavy (non-hydrogen) atoms. The Morgan fingerprint density at radius 1 is 0.969 bits per heavy atom. The molecule has 2 aromatic rings. The van der Waals surface area contributed by atoms with Crippen LogP contribution in [0.2, 0.25) is 0 Å². The number of piperidine rings is 1. The van der Waals surface area contributed by atoms with Crippen molar-refractivity contribution in [3.8, 4) is 0 Å². The Labute approximate surface area is 195 Å². The third kappa shape index (κ3) is 6.56. The van der Waals surface area contributed by atoms with Crippen molar-refractivity contribution < 1.29 is 9.59 Å². The summed E-state index contributed by atoms with van der Waals surface area (Å²) in [4.78, 5) is 30.7. The number of carbonyl (C=O) groups is 2. The van der Waals surface area contributed by atoms with Gasteiger partial charge in [-0.3, -0.25) is 14.5 Å². The average molecular weight is 455 g/mol. The number of hydrogen-bond donors (Lipinski definition) is 2. The standard InChI is InChI=1S/C25H34N4O2S/c30-24(27-17-20-9-15-29(18-20)22-5-2-1-3-6-22)19-28-13-10-21(11-14-28)25(31)26-12-8-23-7-4-16-32-23/h1-7,16,20-21H,8-15,17-19H2,(H,26,31)(H,27,30). The summed E-state index contributed by atoms with van der Waals surface area (Å²) in [5.74, 6) is 0.833. The van der Waals surface area contributed by atoms with E-state index < -0.39 is 0 Å². The highest BCUT2D eigenvalue weighted by atomic mass is 32.1. The van der Waals surface area contributed by atoms with E-state index in [4.69, 9.17) is 0 Å². The van der Waals surface area contributed by atoms with Crippen molar-refractivity contribution in [1.82, 2.24) is 15.5 Å². The molecule has 2 aliphatic heterocycles. The first-order chi connectivity index (χ1) is 15.7. The second kappa shape index (κ2) is 11.5. The van der Waals surface area contributed by atoms with E-state index in [2.05, 4.69) is 56.1 Å². The lowest BCUT2D eigenvalue weighted by Crippen LogP contribution is -2.45. The summed E-state index contributed by atoms with van der Waals surface area (Å²) in [5, 5.41) is 8.28. The maximum atomic E-state index is 12.4. The van der Waals surface area contributed by atoms with Crippen LogP contribution in [0.3, 0.4) is 0 Å². The van der Waals surface area contributed by atoms with Crippen LogP contribution in [0.15, 0.2) is 47.8 Å². The number of likely N-dealkylation sites (tertiary alicyclic amines) is 1. The lowest BCUT2D eigenvalue weighted by atomic mass is 9.96. The quantitative estimate of drug-likeness (QED) is 0.612. The summed E-state index contributed by atoms with van der Waals surface area (Å²) < 4.78 is 0. The Morgan fingerprint density at radius 2 is 1.78 bits per heavy atom. The summed E-state index contributed by atoms with van der Waals surface area (Å²) >= 11 is 1.73. The maximum absolute atomic E-state index is 12.4. The molecule has 0 aliphatic carbocycles. The van der Waals surface area contributed by atoms with Crippen LogP contribution in [0.1, 0.15) is 24.1 Å². The fourth-order valence-electron chi connectivity index (χ4n) is 4.65. The Bertz CT molecular complexity index is 850. The molecular weight excluding hydrogens is 420 g/mol. The fourth-order valence-corrected chi connectivity index (χ4v) is 5.36. The molecule has 2 aliphatic rings. The largest absolute Gasteiger partial charge is 0.371 e. The minimum Gasteiger partial charge on any atom is -0.371 e. The smallest absolute Gasteiger partial charge is 0.234 e. The number of amides is 2. The topological polar surface area (TPSA) is 64.7 Å². The number of thiophene rings is 1. The number of carbonyl (C=O) groups excluding carboxylic acids is 2. The van der Waals surface area contributed by atoms with E-state index in [1.807, 2.05) is 12.1 Å². The van der Waals surface area contributed by atoms with Crippen LogP contribution in [0.4, 0.5) is 5.69 Å². The summed E-state index contributed by atoms with van der Waals surface area (Å²) in [6.45, 7) is 5.53. The molecule has 2 fully saturated rings. The SMILES string of the molecule is O=C(CN1CCC(C(=O)NCCc2cccs2)CC1)NCC1CCN(c2ccccc2)C1. The number of anilines is 1. The number of nitrogens with zero attached hydrogens (tertiary/aromatic N) is 2.